The number of para-hydroxylation sites is 1. The van der Waals surface area contributed by atoms with Crippen LogP contribution in [-0.2, 0) is 0 Å². The van der Waals surface area contributed by atoms with Crippen LogP contribution < -0.4 is 15.2 Å². The van der Waals surface area contributed by atoms with E-state index in [0.717, 1.165) is 28.8 Å². The molecule has 0 aliphatic carbocycles. The number of fused-ring (bicyclic) bond motifs is 1. The Morgan fingerprint density at radius 1 is 1.25 bits per heavy atom. The topological polar surface area (TPSA) is 110 Å². The summed E-state index contributed by atoms with van der Waals surface area (Å²) in [5.74, 6) is 0.671. The zero-order valence-corrected chi connectivity index (χ0v) is 15.3. The third-order valence-electron chi connectivity index (χ3n) is 4.60. The van der Waals surface area contributed by atoms with Gasteiger partial charge in [-0.15, -0.1) is 5.10 Å². The standard InChI is InChI=1S/C21H19N5O2/c1-2-11-27-16-6-4-3-5-14(16)17-15(12-22)20(23)28-21-18(17)19(25-26-21)13-7-9-24-10-8-13/h3-10,17H,2,11,23H2,1H3,(H,25,26). The third-order valence-corrected chi connectivity index (χ3v) is 4.60. The smallest absolute Gasteiger partial charge is 0.244 e. The van der Waals surface area contributed by atoms with Gasteiger partial charge in [0.1, 0.15) is 17.4 Å². The molecule has 1 aromatic carbocycles. The summed E-state index contributed by atoms with van der Waals surface area (Å²) in [5.41, 5.74) is 9.64. The Morgan fingerprint density at radius 2 is 2.04 bits per heavy atom. The molecular formula is C21H19N5O2. The fourth-order valence-electron chi connectivity index (χ4n) is 3.36. The lowest BCUT2D eigenvalue weighted by Crippen LogP contribution is -2.21. The summed E-state index contributed by atoms with van der Waals surface area (Å²) in [7, 11) is 0. The second kappa shape index (κ2) is 7.45. The lowest BCUT2D eigenvalue weighted by Gasteiger charge is -2.25. The van der Waals surface area contributed by atoms with Gasteiger partial charge in [-0.1, -0.05) is 25.1 Å². The van der Waals surface area contributed by atoms with Gasteiger partial charge in [0, 0.05) is 23.5 Å². The van der Waals surface area contributed by atoms with Crippen molar-refractivity contribution in [2.45, 2.75) is 19.3 Å². The predicted molar refractivity (Wildman–Crippen MR) is 103 cm³/mol. The first-order valence-corrected chi connectivity index (χ1v) is 9.02. The zero-order chi connectivity index (χ0) is 19.5. The summed E-state index contributed by atoms with van der Waals surface area (Å²) < 4.78 is 11.6. The minimum absolute atomic E-state index is 0.0538. The van der Waals surface area contributed by atoms with E-state index >= 15 is 0 Å². The first kappa shape index (κ1) is 17.6. The quantitative estimate of drug-likeness (QED) is 0.708. The van der Waals surface area contributed by atoms with E-state index < -0.39 is 5.92 Å². The average molecular weight is 373 g/mol. The number of nitriles is 1. The molecular weight excluding hydrogens is 354 g/mol. The molecule has 7 heteroatoms. The van der Waals surface area contributed by atoms with Gasteiger partial charge in [-0.2, -0.15) is 5.26 Å². The fourth-order valence-corrected chi connectivity index (χ4v) is 3.36. The van der Waals surface area contributed by atoms with Crippen LogP contribution in [0.4, 0.5) is 0 Å². The first-order valence-electron chi connectivity index (χ1n) is 9.02. The van der Waals surface area contributed by atoms with Gasteiger partial charge in [-0.3, -0.25) is 10.1 Å². The largest absolute Gasteiger partial charge is 0.493 e. The van der Waals surface area contributed by atoms with E-state index in [1.54, 1.807) is 12.4 Å². The summed E-state index contributed by atoms with van der Waals surface area (Å²) >= 11 is 0. The van der Waals surface area contributed by atoms with Gasteiger partial charge in [0.25, 0.3) is 0 Å². The Bertz CT molecular complexity index is 1070. The number of nitrogens with zero attached hydrogens (tertiary/aromatic N) is 3. The molecule has 0 saturated carbocycles. The second-order valence-corrected chi connectivity index (χ2v) is 6.36. The van der Waals surface area contributed by atoms with E-state index in [1.165, 1.54) is 0 Å². The molecule has 0 fully saturated rings. The van der Waals surface area contributed by atoms with E-state index in [1.807, 2.05) is 43.3 Å². The predicted octanol–water partition coefficient (Wildman–Crippen LogP) is 3.48. The molecule has 4 rings (SSSR count). The van der Waals surface area contributed by atoms with Crippen molar-refractivity contribution in [1.82, 2.24) is 15.2 Å². The maximum Gasteiger partial charge on any atom is 0.244 e. The molecule has 28 heavy (non-hydrogen) atoms. The van der Waals surface area contributed by atoms with Gasteiger partial charge in [0.2, 0.25) is 11.8 Å². The molecule has 2 aromatic heterocycles. The number of aromatic amines is 1. The molecule has 0 spiro atoms. The van der Waals surface area contributed by atoms with Crippen LogP contribution in [0.25, 0.3) is 11.3 Å². The molecule has 3 aromatic rings. The fraction of sp³-hybridized carbons (Fsp3) is 0.190. The lowest BCUT2D eigenvalue weighted by molar-refractivity contribution is 0.312. The number of rotatable bonds is 5. The van der Waals surface area contributed by atoms with Crippen molar-refractivity contribution < 1.29 is 9.47 Å². The third kappa shape index (κ3) is 2.95. The summed E-state index contributed by atoms with van der Waals surface area (Å²) in [6.45, 7) is 2.63. The van der Waals surface area contributed by atoms with Crippen molar-refractivity contribution in [2.75, 3.05) is 6.61 Å². The van der Waals surface area contributed by atoms with Crippen LogP contribution in [0.5, 0.6) is 11.6 Å². The summed E-state index contributed by atoms with van der Waals surface area (Å²) in [5, 5.41) is 17.1. The van der Waals surface area contributed by atoms with Crippen LogP contribution in [-0.4, -0.2) is 21.8 Å². The van der Waals surface area contributed by atoms with Crippen LogP contribution in [0.15, 0.2) is 60.2 Å². The molecule has 3 N–H and O–H groups in total. The Kier molecular flexibility index (Phi) is 4.68. The average Bonchev–Trinajstić information content (AvgIpc) is 3.15. The van der Waals surface area contributed by atoms with E-state index in [9.17, 15) is 5.26 Å². The molecule has 1 aliphatic heterocycles. The maximum atomic E-state index is 9.84. The van der Waals surface area contributed by atoms with E-state index in [4.69, 9.17) is 15.2 Å². The molecule has 7 nitrogen and oxygen atoms in total. The van der Waals surface area contributed by atoms with Gasteiger partial charge < -0.3 is 15.2 Å². The van der Waals surface area contributed by atoms with Crippen molar-refractivity contribution in [3.05, 3.63) is 71.4 Å². The highest BCUT2D eigenvalue weighted by atomic mass is 16.5. The Labute approximate surface area is 162 Å². The molecule has 1 unspecified atom stereocenters. The van der Waals surface area contributed by atoms with Crippen molar-refractivity contribution >= 4 is 0 Å². The van der Waals surface area contributed by atoms with E-state index in [0.29, 0.717) is 23.8 Å². The number of H-pyrrole nitrogens is 1. The number of benzene rings is 1. The number of hydrogen-bond donors (Lipinski definition) is 2. The Morgan fingerprint density at radius 3 is 2.79 bits per heavy atom. The molecule has 1 aliphatic rings. The molecule has 140 valence electrons. The van der Waals surface area contributed by atoms with Crippen LogP contribution in [0.3, 0.4) is 0 Å². The number of pyridine rings is 1. The van der Waals surface area contributed by atoms with Gasteiger partial charge in [-0.05, 0) is 24.6 Å². The van der Waals surface area contributed by atoms with Crippen LogP contribution in [0.2, 0.25) is 0 Å². The molecule has 0 bridgehead atoms. The Balaban J connectivity index is 1.93. The number of hydrogen-bond acceptors (Lipinski definition) is 6. The van der Waals surface area contributed by atoms with Gasteiger partial charge in [0.05, 0.1) is 23.8 Å². The van der Waals surface area contributed by atoms with Gasteiger partial charge >= 0.3 is 0 Å². The van der Waals surface area contributed by atoms with Crippen molar-refractivity contribution in [2.24, 2.45) is 5.73 Å². The molecule has 0 radical (unpaired) electrons. The highest BCUT2D eigenvalue weighted by Crippen LogP contribution is 2.47. The maximum absolute atomic E-state index is 9.84. The summed E-state index contributed by atoms with van der Waals surface area (Å²) in [4.78, 5) is 4.07. The molecule has 0 saturated heterocycles. The second-order valence-electron chi connectivity index (χ2n) is 6.36. The lowest BCUT2D eigenvalue weighted by atomic mass is 9.82. The highest BCUT2D eigenvalue weighted by molar-refractivity contribution is 5.71. The minimum atomic E-state index is -0.455. The summed E-state index contributed by atoms with van der Waals surface area (Å²) in [6.07, 6.45) is 4.29. The number of nitrogens with two attached hydrogens (primary N) is 1. The van der Waals surface area contributed by atoms with E-state index in [2.05, 4.69) is 21.3 Å². The SMILES string of the molecule is CCCOc1ccccc1C1C(C#N)=C(N)Oc2n[nH]c(-c3ccncc3)c21. The van der Waals surface area contributed by atoms with Crippen molar-refractivity contribution in [1.29, 1.82) is 5.26 Å². The Hall–Kier alpha value is -3.79. The van der Waals surface area contributed by atoms with Crippen molar-refractivity contribution in [3.63, 3.8) is 0 Å². The highest BCUT2D eigenvalue weighted by Gasteiger charge is 2.37. The van der Waals surface area contributed by atoms with Crippen LogP contribution in [0.1, 0.15) is 30.4 Å². The number of ether oxygens (including phenoxy) is 2. The summed E-state index contributed by atoms with van der Waals surface area (Å²) in [6, 6.07) is 13.6. The van der Waals surface area contributed by atoms with Gasteiger partial charge in [0.15, 0.2) is 0 Å². The normalized spacial score (nSPS) is 15.5. The number of aromatic nitrogens is 3. The van der Waals surface area contributed by atoms with Crippen LogP contribution in [0, 0.1) is 11.3 Å². The molecule has 0 amide bonds. The molecule has 1 atom stereocenters. The van der Waals surface area contributed by atoms with Gasteiger partial charge in [-0.25, -0.2) is 0 Å². The molecule has 3 heterocycles. The number of allylic oxidation sites excluding steroid dienone is 1. The first-order chi connectivity index (χ1) is 13.7. The number of nitrogens with one attached hydrogen (secondary N) is 1. The monoisotopic (exact) mass is 373 g/mol. The zero-order valence-electron chi connectivity index (χ0n) is 15.3. The van der Waals surface area contributed by atoms with Crippen LogP contribution >= 0.6 is 0 Å². The van der Waals surface area contributed by atoms with Crippen molar-refractivity contribution in [3.8, 4) is 29.0 Å². The van der Waals surface area contributed by atoms with E-state index in [-0.39, 0.29) is 5.88 Å². The minimum Gasteiger partial charge on any atom is -0.493 e.